The summed E-state index contributed by atoms with van der Waals surface area (Å²) >= 11 is 5.74. The standard InChI is InChI=1S/2C18H28N.C17H23NO.C17H25N.C12H13ClO.C5H11N.Al.HI.Li.H2O.4H/c2*1-19(14-8-3-9-15-19)16-18(12-6-7-13-18)17-10-4-2-5-11-17;19-16(18-13-7-2-8-14-18)17(11-5-6-12-17)15-9-3-1-4-10-15;1-3-9-16(10-4-1)17(11-5-6-12-17)15-18-13-7-2-8-14-18;13-11(14)12(8-4-5-9-12)10-6-2-1-3-7-10;1-2-4-6-5-3-1;;;;;;;;/h2*2,4-5,10-11H,3,6-9,12-16H2,1H3;1,3-4,9-10H,2,5-8,11-14H2;1,3-4,9-10H,2,5-8,11-15H2;1-3,6-7H,4-5,8-9H2;6H,1-5H2;;1H;;1H2;;;;/q2*+1;;;;;;;+1;;;;;-1/p-1. The summed E-state index contributed by atoms with van der Waals surface area (Å²) in [6, 6.07) is 54.4. The third-order valence-electron chi connectivity index (χ3n) is 25.2. The van der Waals surface area contributed by atoms with Gasteiger partial charge in [-0.1, -0.05) is 229 Å². The van der Waals surface area contributed by atoms with Crippen LogP contribution in [-0.4, -0.2) is 152 Å². The van der Waals surface area contributed by atoms with E-state index in [1.807, 2.05) is 36.4 Å². The van der Waals surface area contributed by atoms with Gasteiger partial charge in [0.25, 0.3) is 0 Å². The Kier molecular flexibility index (Phi) is 36.9. The van der Waals surface area contributed by atoms with Gasteiger partial charge in [0.1, 0.15) is 0 Å². The van der Waals surface area contributed by atoms with Crippen LogP contribution in [0.3, 0.4) is 0 Å². The van der Waals surface area contributed by atoms with E-state index < -0.39 is 0 Å². The first-order valence-electron chi connectivity index (χ1n) is 39.3. The first-order valence-corrected chi connectivity index (χ1v) is 39.7. The molecule has 3 N–H and O–H groups in total. The quantitative estimate of drug-likeness (QED) is 0.0551. The van der Waals surface area contributed by atoms with Crippen molar-refractivity contribution in [2.45, 2.75) is 252 Å². The fourth-order valence-corrected chi connectivity index (χ4v) is 20.2. The molecule has 5 saturated heterocycles. The summed E-state index contributed by atoms with van der Waals surface area (Å²) in [6.45, 7) is 16.7. The number of quaternary nitrogens is 2. The number of benzene rings is 5. The number of carbonyl (C=O) groups is 2. The Labute approximate surface area is 648 Å². The summed E-state index contributed by atoms with van der Waals surface area (Å²) in [4.78, 5) is 29.4. The monoisotopic (exact) mass is 1490 g/mol. The van der Waals surface area contributed by atoms with Crippen LogP contribution in [0.4, 0.5) is 0 Å². The van der Waals surface area contributed by atoms with E-state index in [0.29, 0.717) is 22.2 Å². The molecule has 0 atom stereocenters. The number of piperidine rings is 5. The second kappa shape index (κ2) is 43.0. The molecule has 5 aromatic carbocycles. The maximum atomic E-state index is 13.0. The van der Waals surface area contributed by atoms with Crippen LogP contribution in [0.25, 0.3) is 0 Å². The number of rotatable bonds is 13. The van der Waals surface area contributed by atoms with Gasteiger partial charge in [0.15, 0.2) is 17.4 Å². The van der Waals surface area contributed by atoms with Crippen molar-refractivity contribution in [1.82, 2.24) is 15.1 Å². The average molecular weight is 1490 g/mol. The summed E-state index contributed by atoms with van der Waals surface area (Å²) in [5, 5.41) is 3.09. The maximum absolute atomic E-state index is 13.0. The minimum absolute atomic E-state index is 0. The van der Waals surface area contributed by atoms with Gasteiger partial charge in [-0.05, 0) is 213 Å². The summed E-state index contributed by atoms with van der Waals surface area (Å²) in [5.74, 6) is 0.399. The molecule has 0 radical (unpaired) electrons. The van der Waals surface area contributed by atoms with Crippen LogP contribution in [-0.2, 0) is 36.7 Å². The minimum Gasteiger partial charge on any atom is -1.00 e. The third-order valence-corrected chi connectivity index (χ3v) is 25.5. The van der Waals surface area contributed by atoms with Crippen LogP contribution in [0.5, 0.6) is 0 Å². The molecule has 12 heteroatoms. The minimum atomic E-state index is -0.386. The topological polar surface area (TPSA) is 84.1 Å². The molecule has 0 aromatic heterocycles. The fraction of sp³-hybridized carbons (Fsp3) is 0.632. The first kappa shape index (κ1) is 85.1. The number of likely N-dealkylation sites (N-methyl/N-ethyl adjacent to an activating group) is 2. The van der Waals surface area contributed by atoms with Crippen molar-refractivity contribution in [2.75, 3.05) is 99.2 Å². The van der Waals surface area contributed by atoms with Gasteiger partial charge in [0, 0.05) is 35.9 Å². The Bertz CT molecular complexity index is 2880. The molecule has 10 aliphatic rings. The summed E-state index contributed by atoms with van der Waals surface area (Å²) in [6.07, 6.45) is 46.2. The molecule has 5 heterocycles. The van der Waals surface area contributed by atoms with Gasteiger partial charge in [-0.2, -0.15) is 0 Å². The molecule has 99 heavy (non-hydrogen) atoms. The molecule has 5 aromatic rings. The van der Waals surface area contributed by atoms with E-state index in [4.69, 9.17) is 11.6 Å². The number of hydrogen-bond donors (Lipinski definition) is 1. The molecular weight excluding hydrogens is 1360 g/mol. The van der Waals surface area contributed by atoms with E-state index >= 15 is 0 Å². The molecule has 0 unspecified atom stereocenters. The molecule has 8 nitrogen and oxygen atoms in total. The Balaban J connectivity index is 0.000000218. The summed E-state index contributed by atoms with van der Waals surface area (Å²) < 4.78 is 2.63. The Morgan fingerprint density at radius 3 is 1.00 bits per heavy atom. The zero-order valence-corrected chi connectivity index (χ0v) is 64.6. The zero-order valence-electron chi connectivity index (χ0n) is 62.7. The van der Waals surface area contributed by atoms with Gasteiger partial charge in [0.2, 0.25) is 11.1 Å². The van der Waals surface area contributed by atoms with Crippen molar-refractivity contribution in [2.24, 2.45) is 0 Å². The average Bonchev–Trinajstić information content (AvgIpc) is 1.46. The predicted octanol–water partition coefficient (Wildman–Crippen LogP) is 11.9. The van der Waals surface area contributed by atoms with Crippen LogP contribution in [0.2, 0.25) is 0 Å². The van der Waals surface area contributed by atoms with E-state index in [1.165, 1.54) is 273 Å². The molecular formula is C87H134AlClILiN5O3+. The molecule has 15 rings (SSSR count). The van der Waals surface area contributed by atoms with E-state index in [9.17, 15) is 9.59 Å². The molecule has 0 bridgehead atoms. The van der Waals surface area contributed by atoms with E-state index in [2.05, 4.69) is 144 Å². The van der Waals surface area contributed by atoms with Gasteiger partial charge < -0.3 is 55.0 Å². The van der Waals surface area contributed by atoms with Gasteiger partial charge in [-0.3, -0.25) is 9.59 Å². The van der Waals surface area contributed by atoms with Gasteiger partial charge >= 0.3 is 18.9 Å². The molecule has 0 spiro atoms. The van der Waals surface area contributed by atoms with Crippen molar-refractivity contribution in [3.05, 3.63) is 179 Å². The fourth-order valence-electron chi connectivity index (χ4n) is 19.9. The third kappa shape index (κ3) is 23.6. The van der Waals surface area contributed by atoms with Crippen LogP contribution in [0, 0.1) is 0 Å². The number of nitrogens with zero attached hydrogens (tertiary/aromatic N) is 4. The van der Waals surface area contributed by atoms with Crippen molar-refractivity contribution in [1.29, 1.82) is 0 Å². The molecule has 5 aliphatic carbocycles. The number of hydrogen-bond acceptors (Lipinski definition) is 4. The number of carbonyl (C=O) groups excluding carboxylic acids is 2. The number of amides is 1. The number of nitrogens with one attached hydrogen (secondary N) is 1. The van der Waals surface area contributed by atoms with E-state index in [0.717, 1.165) is 57.2 Å². The maximum Gasteiger partial charge on any atom is 1.00 e. The van der Waals surface area contributed by atoms with Crippen LogP contribution >= 0.6 is 11.6 Å². The molecule has 1 amide bonds. The first-order chi connectivity index (χ1) is 46.4. The smallest absolute Gasteiger partial charge is 1.00 e. The van der Waals surface area contributed by atoms with Crippen LogP contribution in [0.1, 0.15) is 254 Å². The summed E-state index contributed by atoms with van der Waals surface area (Å²) in [7, 11) is 5.00. The van der Waals surface area contributed by atoms with Crippen LogP contribution < -0.4 is 48.2 Å². The second-order valence-electron chi connectivity index (χ2n) is 32.2. The van der Waals surface area contributed by atoms with E-state index in [-0.39, 0.29) is 83.2 Å². The van der Waals surface area contributed by atoms with Gasteiger partial charge in [-0.15, -0.1) is 0 Å². The van der Waals surface area contributed by atoms with Crippen molar-refractivity contribution >= 4 is 40.1 Å². The van der Waals surface area contributed by atoms with Crippen molar-refractivity contribution in [3.63, 3.8) is 0 Å². The second-order valence-corrected chi connectivity index (χ2v) is 32.6. The Morgan fingerprint density at radius 2 is 0.667 bits per heavy atom. The Hall–Kier alpha value is -2.81. The largest absolute Gasteiger partial charge is 1.00 e. The van der Waals surface area contributed by atoms with Gasteiger partial charge in [0.05, 0.1) is 64.2 Å². The van der Waals surface area contributed by atoms with Crippen LogP contribution in [0.15, 0.2) is 152 Å². The number of halogens is 2. The van der Waals surface area contributed by atoms with Gasteiger partial charge in [-0.25, -0.2) is 0 Å². The van der Waals surface area contributed by atoms with Crippen molar-refractivity contribution in [3.8, 4) is 0 Å². The summed E-state index contributed by atoms with van der Waals surface area (Å²) in [5.41, 5.74) is 7.96. The Morgan fingerprint density at radius 1 is 0.384 bits per heavy atom. The molecule has 10 fully saturated rings. The van der Waals surface area contributed by atoms with E-state index in [1.54, 1.807) is 16.7 Å². The molecule has 5 saturated carbocycles. The molecule has 542 valence electrons. The number of likely N-dealkylation sites (tertiary alicyclic amines) is 4. The zero-order chi connectivity index (χ0) is 66.0. The molecule has 5 aliphatic heterocycles. The van der Waals surface area contributed by atoms with Crippen molar-refractivity contribution < 1.29 is 68.3 Å². The SMILES string of the molecule is C1CCNCC1.C[N+]1(CC2(c3ccccc3)CCCC2)CCCCC1.C[N+]1(CC2(c3ccccc3)CCCC2)CCCCC1.O.O=C(Cl)C1(c2ccccc2)CCCC1.O=C(N1CCCCC1)C1(c2ccccc2)CCCC1.[AlH3].[H-].[I-].[Li+].c1ccc(C2(CN3CCCCC3)CCCC2)cc1. The predicted molar refractivity (Wildman–Crippen MR) is 415 cm³/mol. The normalized spacial score (nSPS) is 22.6.